The Balaban J connectivity index is 1.72. The smallest absolute Gasteiger partial charge is 0.331 e. The first kappa shape index (κ1) is 20.2. The lowest BCUT2D eigenvalue weighted by Gasteiger charge is -2.06. The monoisotopic (exact) mass is 367 g/mol. The molecule has 0 saturated carbocycles. The number of carbonyl (C=O) groups excluding carboxylic acids is 2. The molecule has 142 valence electrons. The number of benzene rings is 2. The van der Waals surface area contributed by atoms with Gasteiger partial charge in [0.2, 0.25) is 0 Å². The molecule has 0 atom stereocenters. The van der Waals surface area contributed by atoms with Crippen LogP contribution in [0.5, 0.6) is 5.75 Å². The molecule has 0 aromatic heterocycles. The molecular weight excluding hydrogens is 342 g/mol. The average Bonchev–Trinajstić information content (AvgIpc) is 2.69. The molecule has 2 aromatic carbocycles. The summed E-state index contributed by atoms with van der Waals surface area (Å²) in [6, 6.07) is 15.3. The van der Waals surface area contributed by atoms with Crippen molar-refractivity contribution in [2.45, 2.75) is 26.3 Å². The summed E-state index contributed by atoms with van der Waals surface area (Å²) >= 11 is 0. The van der Waals surface area contributed by atoms with Gasteiger partial charge in [0.15, 0.2) is 6.61 Å². The van der Waals surface area contributed by atoms with E-state index in [-0.39, 0.29) is 12.5 Å². The van der Waals surface area contributed by atoms with E-state index in [1.807, 2.05) is 48.5 Å². The summed E-state index contributed by atoms with van der Waals surface area (Å²) in [5, 5.41) is 2.70. The second-order valence-electron chi connectivity index (χ2n) is 6.39. The number of hydrogen-bond acceptors (Lipinski definition) is 4. The van der Waals surface area contributed by atoms with E-state index < -0.39 is 5.97 Å². The summed E-state index contributed by atoms with van der Waals surface area (Å²) in [6.07, 6.45) is 2.99. The SMILES string of the molecule is COc1ccc(CNC(=O)COC(=O)/C=C/c2ccc(C(C)C)cc2)cc1. The van der Waals surface area contributed by atoms with Crippen LogP contribution in [0.15, 0.2) is 54.6 Å². The Morgan fingerprint density at radius 2 is 1.70 bits per heavy atom. The van der Waals surface area contributed by atoms with Crippen LogP contribution in [0.25, 0.3) is 6.08 Å². The van der Waals surface area contributed by atoms with Gasteiger partial charge in [-0.3, -0.25) is 4.79 Å². The van der Waals surface area contributed by atoms with Gasteiger partial charge in [-0.1, -0.05) is 50.2 Å². The predicted molar refractivity (Wildman–Crippen MR) is 105 cm³/mol. The average molecular weight is 367 g/mol. The number of rotatable bonds is 8. The third kappa shape index (κ3) is 6.98. The van der Waals surface area contributed by atoms with Crippen LogP contribution in [0, 0.1) is 0 Å². The third-order valence-corrected chi connectivity index (χ3v) is 4.01. The van der Waals surface area contributed by atoms with E-state index in [0.717, 1.165) is 16.9 Å². The predicted octanol–water partition coefficient (Wildman–Crippen LogP) is 3.69. The van der Waals surface area contributed by atoms with Crippen LogP contribution in [0.3, 0.4) is 0 Å². The highest BCUT2D eigenvalue weighted by Gasteiger charge is 2.05. The summed E-state index contributed by atoms with van der Waals surface area (Å²) in [6.45, 7) is 4.30. The van der Waals surface area contributed by atoms with Gasteiger partial charge in [-0.05, 0) is 40.8 Å². The Morgan fingerprint density at radius 3 is 2.30 bits per heavy atom. The molecule has 0 saturated heterocycles. The summed E-state index contributed by atoms with van der Waals surface area (Å²) in [5.74, 6) is 0.311. The Bertz CT molecular complexity index is 777. The van der Waals surface area contributed by atoms with Crippen molar-refractivity contribution in [3.63, 3.8) is 0 Å². The number of nitrogens with one attached hydrogen (secondary N) is 1. The lowest BCUT2D eigenvalue weighted by atomic mass is 10.0. The van der Waals surface area contributed by atoms with Crippen LogP contribution in [-0.2, 0) is 20.9 Å². The number of ether oxygens (including phenoxy) is 2. The second-order valence-corrected chi connectivity index (χ2v) is 6.39. The van der Waals surface area contributed by atoms with E-state index in [4.69, 9.17) is 9.47 Å². The maximum atomic E-state index is 11.8. The van der Waals surface area contributed by atoms with Gasteiger partial charge in [0.05, 0.1) is 7.11 Å². The van der Waals surface area contributed by atoms with E-state index in [1.54, 1.807) is 13.2 Å². The third-order valence-electron chi connectivity index (χ3n) is 4.01. The van der Waals surface area contributed by atoms with Crippen molar-refractivity contribution in [1.82, 2.24) is 5.32 Å². The molecule has 1 N–H and O–H groups in total. The molecule has 0 aliphatic carbocycles. The Hall–Kier alpha value is -3.08. The summed E-state index contributed by atoms with van der Waals surface area (Å²) in [4.78, 5) is 23.5. The molecule has 0 spiro atoms. The van der Waals surface area contributed by atoms with Gasteiger partial charge in [-0.2, -0.15) is 0 Å². The van der Waals surface area contributed by atoms with E-state index in [9.17, 15) is 9.59 Å². The molecule has 0 radical (unpaired) electrons. The zero-order valence-corrected chi connectivity index (χ0v) is 15.9. The van der Waals surface area contributed by atoms with Gasteiger partial charge in [0.25, 0.3) is 5.91 Å². The highest BCUT2D eigenvalue weighted by Crippen LogP contribution is 2.15. The first-order valence-corrected chi connectivity index (χ1v) is 8.82. The van der Waals surface area contributed by atoms with Crippen LogP contribution in [0.4, 0.5) is 0 Å². The minimum absolute atomic E-state index is 0.314. The number of amides is 1. The molecule has 0 aliphatic heterocycles. The first-order chi connectivity index (χ1) is 13.0. The zero-order chi connectivity index (χ0) is 19.6. The van der Waals surface area contributed by atoms with Crippen molar-refractivity contribution in [2.75, 3.05) is 13.7 Å². The van der Waals surface area contributed by atoms with E-state index >= 15 is 0 Å². The largest absolute Gasteiger partial charge is 0.497 e. The summed E-state index contributed by atoms with van der Waals surface area (Å²) < 4.78 is 10.0. The van der Waals surface area contributed by atoms with Crippen molar-refractivity contribution >= 4 is 18.0 Å². The van der Waals surface area contributed by atoms with Crippen LogP contribution >= 0.6 is 0 Å². The Morgan fingerprint density at radius 1 is 1.04 bits per heavy atom. The lowest BCUT2D eigenvalue weighted by Crippen LogP contribution is -2.28. The molecule has 2 aromatic rings. The fourth-order valence-corrected chi connectivity index (χ4v) is 2.34. The number of esters is 1. The highest BCUT2D eigenvalue weighted by molar-refractivity contribution is 5.89. The topological polar surface area (TPSA) is 64.6 Å². The minimum atomic E-state index is -0.553. The number of hydrogen-bond donors (Lipinski definition) is 1. The van der Waals surface area contributed by atoms with Crippen LogP contribution in [0.2, 0.25) is 0 Å². The van der Waals surface area contributed by atoms with Gasteiger partial charge in [0.1, 0.15) is 5.75 Å². The Labute approximate surface area is 160 Å². The van der Waals surface area contributed by atoms with E-state index in [1.165, 1.54) is 11.6 Å². The highest BCUT2D eigenvalue weighted by atomic mass is 16.5. The number of carbonyl (C=O) groups is 2. The molecule has 2 rings (SSSR count). The van der Waals surface area contributed by atoms with Gasteiger partial charge >= 0.3 is 5.97 Å². The molecule has 0 aliphatic rings. The second kappa shape index (κ2) is 10.2. The maximum Gasteiger partial charge on any atom is 0.331 e. The van der Waals surface area contributed by atoms with Crippen molar-refractivity contribution < 1.29 is 19.1 Å². The molecule has 1 amide bonds. The lowest BCUT2D eigenvalue weighted by molar-refractivity contribution is -0.143. The van der Waals surface area contributed by atoms with Gasteiger partial charge in [-0.15, -0.1) is 0 Å². The molecular formula is C22H25NO4. The van der Waals surface area contributed by atoms with Gasteiger partial charge < -0.3 is 14.8 Å². The fourth-order valence-electron chi connectivity index (χ4n) is 2.34. The van der Waals surface area contributed by atoms with Crippen molar-refractivity contribution in [2.24, 2.45) is 0 Å². The first-order valence-electron chi connectivity index (χ1n) is 8.82. The zero-order valence-electron chi connectivity index (χ0n) is 15.9. The van der Waals surface area contributed by atoms with Gasteiger partial charge in [0, 0.05) is 12.6 Å². The standard InChI is InChI=1S/C22H25NO4/c1-16(2)19-9-4-17(5-10-19)8-13-22(25)27-15-21(24)23-14-18-6-11-20(26-3)12-7-18/h4-13,16H,14-15H2,1-3H3,(H,23,24)/b13-8+. The molecule has 0 bridgehead atoms. The summed E-state index contributed by atoms with van der Waals surface area (Å²) in [7, 11) is 1.60. The molecule has 27 heavy (non-hydrogen) atoms. The minimum Gasteiger partial charge on any atom is -0.497 e. The normalized spacial score (nSPS) is 10.8. The van der Waals surface area contributed by atoms with E-state index in [0.29, 0.717) is 12.5 Å². The van der Waals surface area contributed by atoms with Crippen molar-refractivity contribution in [1.29, 1.82) is 0 Å². The molecule has 0 fully saturated rings. The van der Waals surface area contributed by atoms with Gasteiger partial charge in [-0.25, -0.2) is 4.79 Å². The van der Waals surface area contributed by atoms with Crippen molar-refractivity contribution in [3.05, 3.63) is 71.3 Å². The Kier molecular flexibility index (Phi) is 7.62. The molecule has 0 heterocycles. The van der Waals surface area contributed by atoms with Crippen molar-refractivity contribution in [3.8, 4) is 5.75 Å². The quantitative estimate of drug-likeness (QED) is 0.571. The van der Waals surface area contributed by atoms with Crippen LogP contribution in [0.1, 0.15) is 36.5 Å². The number of methoxy groups -OCH3 is 1. The molecule has 5 heteroatoms. The summed E-state index contributed by atoms with van der Waals surface area (Å²) in [5.41, 5.74) is 3.07. The molecule has 0 unspecified atom stereocenters. The van der Waals surface area contributed by atoms with Crippen LogP contribution in [-0.4, -0.2) is 25.6 Å². The maximum absolute atomic E-state index is 11.8. The fraction of sp³-hybridized carbons (Fsp3) is 0.273. The van der Waals surface area contributed by atoms with E-state index in [2.05, 4.69) is 19.2 Å². The van der Waals surface area contributed by atoms with Crippen LogP contribution < -0.4 is 10.1 Å². The molecule has 5 nitrogen and oxygen atoms in total.